The second-order valence-electron chi connectivity index (χ2n) is 5.95. The Balaban J connectivity index is 1.80. The molecule has 0 radical (unpaired) electrons. The van der Waals surface area contributed by atoms with Crippen molar-refractivity contribution >= 4 is 0 Å². The monoisotopic (exact) mass is 224 g/mol. The van der Waals surface area contributed by atoms with Gasteiger partial charge < -0.3 is 10.2 Å². The van der Waals surface area contributed by atoms with E-state index in [9.17, 15) is 0 Å². The van der Waals surface area contributed by atoms with Crippen molar-refractivity contribution in [3.05, 3.63) is 0 Å². The van der Waals surface area contributed by atoms with Gasteiger partial charge in [0.15, 0.2) is 0 Å². The van der Waals surface area contributed by atoms with Gasteiger partial charge in [0.05, 0.1) is 0 Å². The highest BCUT2D eigenvalue weighted by atomic mass is 15.2. The molecule has 0 spiro atoms. The molecule has 2 nitrogen and oxygen atoms in total. The van der Waals surface area contributed by atoms with Gasteiger partial charge >= 0.3 is 0 Å². The zero-order valence-corrected chi connectivity index (χ0v) is 11.0. The molecular formula is C14H28N2. The van der Waals surface area contributed by atoms with E-state index in [1.165, 1.54) is 58.2 Å². The summed E-state index contributed by atoms with van der Waals surface area (Å²) in [5.41, 5.74) is 0. The summed E-state index contributed by atoms with van der Waals surface area (Å²) in [6.07, 6.45) is 8.69. The van der Waals surface area contributed by atoms with Crippen molar-refractivity contribution in [2.45, 2.75) is 51.5 Å². The number of likely N-dealkylation sites (N-methyl/N-ethyl adjacent to an activating group) is 1. The van der Waals surface area contributed by atoms with Crippen LogP contribution in [0, 0.1) is 11.8 Å². The molecule has 2 fully saturated rings. The molecule has 0 amide bonds. The Labute approximate surface area is 101 Å². The third-order valence-corrected chi connectivity index (χ3v) is 4.55. The zero-order valence-electron chi connectivity index (χ0n) is 11.0. The van der Waals surface area contributed by atoms with Gasteiger partial charge in [-0.2, -0.15) is 0 Å². The fourth-order valence-corrected chi connectivity index (χ4v) is 3.48. The molecule has 2 aliphatic rings. The van der Waals surface area contributed by atoms with E-state index in [0.29, 0.717) is 0 Å². The van der Waals surface area contributed by atoms with Gasteiger partial charge in [-0.3, -0.25) is 0 Å². The maximum absolute atomic E-state index is 3.57. The second-order valence-corrected chi connectivity index (χ2v) is 5.95. The Hall–Kier alpha value is -0.0800. The molecule has 2 atom stereocenters. The van der Waals surface area contributed by atoms with E-state index in [1.807, 2.05) is 0 Å². The molecule has 1 aliphatic carbocycles. The third-order valence-electron chi connectivity index (χ3n) is 4.55. The van der Waals surface area contributed by atoms with E-state index >= 15 is 0 Å². The molecule has 1 heterocycles. The van der Waals surface area contributed by atoms with E-state index in [0.717, 1.165) is 17.9 Å². The predicted molar refractivity (Wildman–Crippen MR) is 69.6 cm³/mol. The lowest BCUT2D eigenvalue weighted by Gasteiger charge is -2.33. The fourth-order valence-electron chi connectivity index (χ4n) is 3.48. The number of nitrogens with zero attached hydrogens (tertiary/aromatic N) is 1. The van der Waals surface area contributed by atoms with Crippen LogP contribution in [-0.2, 0) is 0 Å². The van der Waals surface area contributed by atoms with E-state index in [-0.39, 0.29) is 0 Å². The summed E-state index contributed by atoms with van der Waals surface area (Å²) in [6, 6.07) is 0.741. The Morgan fingerprint density at radius 1 is 1.19 bits per heavy atom. The van der Waals surface area contributed by atoms with Crippen LogP contribution < -0.4 is 5.32 Å². The first kappa shape index (κ1) is 12.4. The van der Waals surface area contributed by atoms with Crippen molar-refractivity contribution < 1.29 is 0 Å². The highest BCUT2D eigenvalue weighted by Gasteiger charge is 2.26. The molecule has 94 valence electrons. The van der Waals surface area contributed by atoms with Crippen LogP contribution in [0.5, 0.6) is 0 Å². The van der Waals surface area contributed by atoms with Gasteiger partial charge in [-0.15, -0.1) is 0 Å². The quantitative estimate of drug-likeness (QED) is 0.789. The molecule has 1 aliphatic heterocycles. The summed E-state index contributed by atoms with van der Waals surface area (Å²) >= 11 is 0. The highest BCUT2D eigenvalue weighted by Crippen LogP contribution is 2.27. The maximum Gasteiger partial charge on any atom is 0.0220 e. The summed E-state index contributed by atoms with van der Waals surface area (Å²) in [7, 11) is 2.15. The topological polar surface area (TPSA) is 15.3 Å². The Bertz CT molecular complexity index is 199. The van der Waals surface area contributed by atoms with E-state index in [4.69, 9.17) is 0 Å². The van der Waals surface area contributed by atoms with E-state index < -0.39 is 0 Å². The van der Waals surface area contributed by atoms with Crippen LogP contribution in [0.3, 0.4) is 0 Å². The molecular weight excluding hydrogens is 196 g/mol. The van der Waals surface area contributed by atoms with Crippen molar-refractivity contribution in [3.8, 4) is 0 Å². The standard InChI is InChI=1S/C14H28N2/c1-12-8-9-16(10-12)11-14(15-2)13-6-4-3-5-7-13/h12-15H,3-11H2,1-2H3. The third kappa shape index (κ3) is 3.21. The van der Waals surface area contributed by atoms with Crippen LogP contribution in [0.25, 0.3) is 0 Å². The van der Waals surface area contributed by atoms with Crippen molar-refractivity contribution in [1.29, 1.82) is 0 Å². The van der Waals surface area contributed by atoms with Gasteiger partial charge in [0.1, 0.15) is 0 Å². The first-order valence-corrected chi connectivity index (χ1v) is 7.19. The minimum atomic E-state index is 0.741. The average molecular weight is 224 g/mol. The molecule has 1 N–H and O–H groups in total. The van der Waals surface area contributed by atoms with Crippen LogP contribution in [-0.4, -0.2) is 37.6 Å². The molecule has 2 unspecified atom stereocenters. The molecule has 2 rings (SSSR count). The van der Waals surface area contributed by atoms with Gasteiger partial charge in [-0.05, 0) is 44.7 Å². The normalized spacial score (nSPS) is 30.8. The summed E-state index contributed by atoms with van der Waals surface area (Å²) < 4.78 is 0. The minimum Gasteiger partial charge on any atom is -0.315 e. The van der Waals surface area contributed by atoms with E-state index in [1.54, 1.807) is 0 Å². The SMILES string of the molecule is CNC(CN1CCC(C)C1)C1CCCCC1. The van der Waals surface area contributed by atoms with Gasteiger partial charge in [-0.25, -0.2) is 0 Å². The smallest absolute Gasteiger partial charge is 0.0220 e. The average Bonchev–Trinajstić information content (AvgIpc) is 2.73. The summed E-state index contributed by atoms with van der Waals surface area (Å²) in [6.45, 7) is 6.32. The molecule has 0 aromatic carbocycles. The first-order chi connectivity index (χ1) is 7.79. The van der Waals surface area contributed by atoms with Gasteiger partial charge in [0.25, 0.3) is 0 Å². The number of likely N-dealkylation sites (tertiary alicyclic amines) is 1. The predicted octanol–water partition coefficient (Wildman–Crippen LogP) is 2.50. The first-order valence-electron chi connectivity index (χ1n) is 7.19. The van der Waals surface area contributed by atoms with Crippen LogP contribution in [0.15, 0.2) is 0 Å². The minimum absolute atomic E-state index is 0.741. The highest BCUT2D eigenvalue weighted by molar-refractivity contribution is 4.83. The molecule has 1 saturated carbocycles. The molecule has 0 aromatic heterocycles. The Kier molecular flexibility index (Phi) is 4.66. The lowest BCUT2D eigenvalue weighted by Crippen LogP contribution is -2.44. The number of hydrogen-bond donors (Lipinski definition) is 1. The largest absolute Gasteiger partial charge is 0.315 e. The molecule has 0 aromatic rings. The fraction of sp³-hybridized carbons (Fsp3) is 1.00. The van der Waals surface area contributed by atoms with Gasteiger partial charge in [-0.1, -0.05) is 26.2 Å². The Morgan fingerprint density at radius 2 is 1.94 bits per heavy atom. The maximum atomic E-state index is 3.57. The van der Waals surface area contributed by atoms with Crippen molar-refractivity contribution in [2.24, 2.45) is 11.8 Å². The number of nitrogens with one attached hydrogen (secondary N) is 1. The zero-order chi connectivity index (χ0) is 11.4. The van der Waals surface area contributed by atoms with Crippen LogP contribution in [0.2, 0.25) is 0 Å². The summed E-state index contributed by atoms with van der Waals surface area (Å²) in [4.78, 5) is 2.67. The Morgan fingerprint density at radius 3 is 2.50 bits per heavy atom. The molecule has 1 saturated heterocycles. The number of hydrogen-bond acceptors (Lipinski definition) is 2. The van der Waals surface area contributed by atoms with Crippen molar-refractivity contribution in [1.82, 2.24) is 10.2 Å². The lowest BCUT2D eigenvalue weighted by molar-refractivity contribution is 0.209. The number of rotatable bonds is 4. The molecule has 0 bridgehead atoms. The van der Waals surface area contributed by atoms with Crippen LogP contribution in [0.1, 0.15) is 45.4 Å². The van der Waals surface area contributed by atoms with Crippen LogP contribution in [0.4, 0.5) is 0 Å². The lowest BCUT2D eigenvalue weighted by atomic mass is 9.83. The summed E-state index contributed by atoms with van der Waals surface area (Å²) in [5, 5.41) is 3.57. The summed E-state index contributed by atoms with van der Waals surface area (Å²) in [5.74, 6) is 1.86. The van der Waals surface area contributed by atoms with Gasteiger partial charge in [0.2, 0.25) is 0 Å². The molecule has 16 heavy (non-hydrogen) atoms. The van der Waals surface area contributed by atoms with Crippen molar-refractivity contribution in [2.75, 3.05) is 26.7 Å². The second kappa shape index (κ2) is 6.02. The van der Waals surface area contributed by atoms with Crippen LogP contribution >= 0.6 is 0 Å². The van der Waals surface area contributed by atoms with E-state index in [2.05, 4.69) is 24.2 Å². The van der Waals surface area contributed by atoms with Crippen molar-refractivity contribution in [3.63, 3.8) is 0 Å². The van der Waals surface area contributed by atoms with Gasteiger partial charge in [0, 0.05) is 19.1 Å². The molecule has 2 heteroatoms.